The van der Waals surface area contributed by atoms with Crippen molar-refractivity contribution in [3.63, 3.8) is 0 Å². The van der Waals surface area contributed by atoms with E-state index in [1.165, 1.54) is 19.3 Å². The van der Waals surface area contributed by atoms with E-state index in [1.807, 2.05) is 0 Å². The summed E-state index contributed by atoms with van der Waals surface area (Å²) >= 11 is 0. The van der Waals surface area contributed by atoms with Crippen LogP contribution in [0.4, 0.5) is 0 Å². The van der Waals surface area contributed by atoms with Crippen molar-refractivity contribution in [3.05, 3.63) is 0 Å². The van der Waals surface area contributed by atoms with Gasteiger partial charge in [-0.2, -0.15) is 0 Å². The first-order valence-electron chi connectivity index (χ1n) is 11.0. The van der Waals surface area contributed by atoms with Crippen LogP contribution in [-0.4, -0.2) is 57.7 Å². The van der Waals surface area contributed by atoms with Crippen LogP contribution in [0.1, 0.15) is 87.0 Å². The zero-order valence-corrected chi connectivity index (χ0v) is 18.7. The van der Waals surface area contributed by atoms with Gasteiger partial charge in [-0.05, 0) is 83.0 Å². The maximum absolute atomic E-state index is 10.7. The van der Waals surface area contributed by atoms with Crippen LogP contribution in [0.2, 0.25) is 0 Å². The lowest BCUT2D eigenvalue weighted by Crippen LogP contribution is -2.63. The summed E-state index contributed by atoms with van der Waals surface area (Å²) in [7, 11) is 0. The zero-order chi connectivity index (χ0) is 20.3. The van der Waals surface area contributed by atoms with Crippen molar-refractivity contribution in [2.45, 2.75) is 116 Å². The SMILES string of the molecule is CC1(C)CC(O)CC(C)(C)N1C[C@H](O)CCO[C@@H]1C[C@H]2CC[C@@]1(C)C2(C)C. The smallest absolute Gasteiger partial charge is 0.0689 e. The number of ether oxygens (including phenoxy) is 1. The summed E-state index contributed by atoms with van der Waals surface area (Å²) in [6, 6.07) is 0. The fourth-order valence-electron chi connectivity index (χ4n) is 6.79. The summed E-state index contributed by atoms with van der Waals surface area (Å²) < 4.78 is 6.34. The molecule has 0 spiro atoms. The number of rotatable bonds is 6. The van der Waals surface area contributed by atoms with Gasteiger partial charge in [0.1, 0.15) is 0 Å². The molecule has 4 heteroatoms. The van der Waals surface area contributed by atoms with Gasteiger partial charge in [-0.1, -0.05) is 20.8 Å². The number of fused-ring (bicyclic) bond motifs is 2. The van der Waals surface area contributed by atoms with Gasteiger partial charge in [0, 0.05) is 24.2 Å². The Morgan fingerprint density at radius 3 is 2.11 bits per heavy atom. The van der Waals surface area contributed by atoms with E-state index in [-0.39, 0.29) is 22.6 Å². The monoisotopic (exact) mass is 381 g/mol. The molecule has 0 aromatic carbocycles. The number of piperidine rings is 1. The van der Waals surface area contributed by atoms with Gasteiger partial charge >= 0.3 is 0 Å². The first kappa shape index (κ1) is 21.5. The van der Waals surface area contributed by atoms with Crippen molar-refractivity contribution in [2.75, 3.05) is 13.2 Å². The molecular weight excluding hydrogens is 338 g/mol. The van der Waals surface area contributed by atoms with Gasteiger partial charge in [-0.25, -0.2) is 0 Å². The molecule has 3 fully saturated rings. The Labute approximate surface area is 166 Å². The minimum absolute atomic E-state index is 0.106. The maximum atomic E-state index is 10.7. The van der Waals surface area contributed by atoms with Crippen LogP contribution in [0.5, 0.6) is 0 Å². The molecule has 3 aliphatic rings. The molecule has 2 saturated carbocycles. The Balaban J connectivity index is 1.51. The highest BCUT2D eigenvalue weighted by Crippen LogP contribution is 2.66. The molecule has 1 heterocycles. The van der Waals surface area contributed by atoms with E-state index in [4.69, 9.17) is 4.74 Å². The quantitative estimate of drug-likeness (QED) is 0.731. The molecule has 2 N–H and O–H groups in total. The third kappa shape index (κ3) is 3.72. The van der Waals surface area contributed by atoms with E-state index in [2.05, 4.69) is 53.4 Å². The summed E-state index contributed by atoms with van der Waals surface area (Å²) in [6.07, 6.45) is 5.70. The third-order valence-corrected chi connectivity index (χ3v) is 8.81. The van der Waals surface area contributed by atoms with Crippen molar-refractivity contribution in [1.29, 1.82) is 0 Å². The second-order valence-corrected chi connectivity index (χ2v) is 11.7. The Morgan fingerprint density at radius 2 is 1.63 bits per heavy atom. The summed E-state index contributed by atoms with van der Waals surface area (Å²) in [5, 5.41) is 20.9. The van der Waals surface area contributed by atoms with Gasteiger partial charge in [-0.15, -0.1) is 0 Å². The Kier molecular flexibility index (Phi) is 5.56. The molecule has 27 heavy (non-hydrogen) atoms. The minimum atomic E-state index is -0.391. The summed E-state index contributed by atoms with van der Waals surface area (Å²) in [4.78, 5) is 2.39. The average molecular weight is 382 g/mol. The highest BCUT2D eigenvalue weighted by Gasteiger charge is 2.61. The summed E-state index contributed by atoms with van der Waals surface area (Å²) in [5.41, 5.74) is 0.449. The molecule has 4 nitrogen and oxygen atoms in total. The third-order valence-electron chi connectivity index (χ3n) is 8.81. The standard InChI is InChI=1S/C23H43NO3/c1-20(2)13-18(26)14-21(3,4)24(20)15-17(25)9-11-27-19-12-16-8-10-23(19,7)22(16,5)6/h16-19,25-26H,8-15H2,1-7H3/t16-,17-,19-,23-/m1/s1. The first-order valence-corrected chi connectivity index (χ1v) is 11.0. The van der Waals surface area contributed by atoms with Gasteiger partial charge in [0.15, 0.2) is 0 Å². The van der Waals surface area contributed by atoms with Crippen molar-refractivity contribution < 1.29 is 14.9 Å². The van der Waals surface area contributed by atoms with Gasteiger partial charge in [0.25, 0.3) is 0 Å². The lowest BCUT2D eigenvalue weighted by Gasteiger charge is -2.55. The molecule has 4 atom stereocenters. The van der Waals surface area contributed by atoms with E-state index in [9.17, 15) is 10.2 Å². The van der Waals surface area contributed by atoms with E-state index in [1.54, 1.807) is 0 Å². The van der Waals surface area contributed by atoms with Gasteiger partial charge in [0.05, 0.1) is 18.3 Å². The fraction of sp³-hybridized carbons (Fsp3) is 1.00. The van der Waals surface area contributed by atoms with E-state index in [0.29, 0.717) is 31.1 Å². The predicted octanol–water partition coefficient (Wildman–Crippen LogP) is 3.98. The van der Waals surface area contributed by atoms with Gasteiger partial charge < -0.3 is 14.9 Å². The van der Waals surface area contributed by atoms with E-state index in [0.717, 1.165) is 18.8 Å². The fourth-order valence-corrected chi connectivity index (χ4v) is 6.79. The van der Waals surface area contributed by atoms with Crippen LogP contribution in [0.3, 0.4) is 0 Å². The molecule has 3 rings (SSSR count). The number of likely N-dealkylation sites (tertiary alicyclic amines) is 1. The van der Waals surface area contributed by atoms with Crippen molar-refractivity contribution in [3.8, 4) is 0 Å². The van der Waals surface area contributed by atoms with Gasteiger partial charge in [-0.3, -0.25) is 4.90 Å². The molecule has 0 amide bonds. The highest BCUT2D eigenvalue weighted by molar-refractivity contribution is 5.11. The van der Waals surface area contributed by atoms with Crippen LogP contribution >= 0.6 is 0 Å². The highest BCUT2D eigenvalue weighted by atomic mass is 16.5. The van der Waals surface area contributed by atoms with Crippen LogP contribution < -0.4 is 0 Å². The molecule has 1 aliphatic heterocycles. The molecule has 0 aromatic rings. The van der Waals surface area contributed by atoms with Crippen molar-refractivity contribution in [1.82, 2.24) is 4.90 Å². The molecule has 0 radical (unpaired) electrons. The maximum Gasteiger partial charge on any atom is 0.0689 e. The average Bonchev–Trinajstić information content (AvgIpc) is 2.83. The normalized spacial score (nSPS) is 39.0. The topological polar surface area (TPSA) is 52.9 Å². The molecule has 2 aliphatic carbocycles. The largest absolute Gasteiger partial charge is 0.393 e. The number of aliphatic hydroxyl groups excluding tert-OH is 2. The molecular formula is C23H43NO3. The van der Waals surface area contributed by atoms with Crippen LogP contribution in [0, 0.1) is 16.7 Å². The molecule has 158 valence electrons. The molecule has 1 saturated heterocycles. The number of hydrogen-bond donors (Lipinski definition) is 2. The second kappa shape index (κ2) is 6.97. The predicted molar refractivity (Wildman–Crippen MR) is 110 cm³/mol. The number of β-amino-alcohol motifs (C(OH)–C–C–N with tert-alkyl or cyclic N) is 1. The Bertz CT molecular complexity index is 526. The van der Waals surface area contributed by atoms with Crippen molar-refractivity contribution in [2.24, 2.45) is 16.7 Å². The van der Waals surface area contributed by atoms with Gasteiger partial charge in [0.2, 0.25) is 0 Å². The summed E-state index contributed by atoms with van der Waals surface area (Å²) in [5.74, 6) is 0.791. The minimum Gasteiger partial charge on any atom is -0.393 e. The van der Waals surface area contributed by atoms with E-state index < -0.39 is 6.10 Å². The lowest BCUT2D eigenvalue weighted by atomic mass is 9.70. The van der Waals surface area contributed by atoms with Crippen molar-refractivity contribution >= 4 is 0 Å². The Morgan fingerprint density at radius 1 is 1.04 bits per heavy atom. The zero-order valence-electron chi connectivity index (χ0n) is 18.7. The Hall–Kier alpha value is -0.160. The molecule has 0 unspecified atom stereocenters. The summed E-state index contributed by atoms with van der Waals surface area (Å²) in [6.45, 7) is 17.2. The second-order valence-electron chi connectivity index (χ2n) is 11.7. The first-order chi connectivity index (χ1) is 12.3. The van der Waals surface area contributed by atoms with E-state index >= 15 is 0 Å². The number of nitrogens with zero attached hydrogens (tertiary/aromatic N) is 1. The number of aliphatic hydroxyl groups is 2. The molecule has 0 aromatic heterocycles. The van der Waals surface area contributed by atoms with Crippen LogP contribution in [0.25, 0.3) is 0 Å². The molecule has 2 bridgehead atoms. The number of hydrogen-bond acceptors (Lipinski definition) is 4. The van der Waals surface area contributed by atoms with Crippen LogP contribution in [-0.2, 0) is 4.74 Å². The lowest BCUT2D eigenvalue weighted by molar-refractivity contribution is -0.103. The van der Waals surface area contributed by atoms with Crippen LogP contribution in [0.15, 0.2) is 0 Å².